The number of carbonyl (C=O) groups excluding carboxylic acids is 2. The number of anilines is 3. The number of amides is 2. The fraction of sp³-hybridized carbons (Fsp3) is 0.346. The van der Waals surface area contributed by atoms with Gasteiger partial charge in [0.05, 0.1) is 12.1 Å². The molecule has 1 saturated carbocycles. The number of nitrogen functional groups attached to an aromatic ring is 1. The molecular weight excluding hydrogens is 416 g/mol. The van der Waals surface area contributed by atoms with Crippen LogP contribution in [0.1, 0.15) is 42.0 Å². The zero-order valence-electron chi connectivity index (χ0n) is 18.6. The van der Waals surface area contributed by atoms with Crippen LogP contribution in [-0.4, -0.2) is 29.9 Å². The summed E-state index contributed by atoms with van der Waals surface area (Å²) in [6, 6.07) is 13.6. The van der Waals surface area contributed by atoms with Crippen LogP contribution in [0.2, 0.25) is 0 Å². The standard InChI is InChI=1S/C26H26N4O3/c1-16-28-13-21(33-16)9-17-5-6-23-22(10-17)26(7-8-26)15-30(23)25(32)18-11-24(31)29(14-18)20-4-2-3-19(27)12-20/h2-6,10,12-13,18H,7-9,11,14-15,27H2,1H3. The molecule has 1 aromatic heterocycles. The molecule has 2 aliphatic heterocycles. The summed E-state index contributed by atoms with van der Waals surface area (Å²) in [4.78, 5) is 34.1. The lowest BCUT2D eigenvalue weighted by molar-refractivity contribution is -0.124. The van der Waals surface area contributed by atoms with Crippen molar-refractivity contribution in [3.05, 3.63) is 71.4 Å². The van der Waals surface area contributed by atoms with E-state index < -0.39 is 0 Å². The number of rotatable bonds is 4. The van der Waals surface area contributed by atoms with Gasteiger partial charge in [-0.15, -0.1) is 0 Å². The van der Waals surface area contributed by atoms with Gasteiger partial charge in [0.1, 0.15) is 5.76 Å². The predicted molar refractivity (Wildman–Crippen MR) is 125 cm³/mol. The van der Waals surface area contributed by atoms with Crippen LogP contribution < -0.4 is 15.5 Å². The van der Waals surface area contributed by atoms with Gasteiger partial charge in [-0.1, -0.05) is 18.2 Å². The van der Waals surface area contributed by atoms with Crippen LogP contribution in [-0.2, 0) is 21.4 Å². The van der Waals surface area contributed by atoms with Gasteiger partial charge in [0.15, 0.2) is 5.89 Å². The molecule has 3 aromatic rings. The average molecular weight is 443 g/mol. The van der Waals surface area contributed by atoms with Crippen molar-refractivity contribution < 1.29 is 14.0 Å². The van der Waals surface area contributed by atoms with Crippen molar-refractivity contribution in [1.29, 1.82) is 0 Å². The van der Waals surface area contributed by atoms with Gasteiger partial charge in [-0.05, 0) is 48.2 Å². The molecule has 2 aromatic carbocycles. The van der Waals surface area contributed by atoms with E-state index in [4.69, 9.17) is 10.2 Å². The van der Waals surface area contributed by atoms with Gasteiger partial charge in [-0.25, -0.2) is 4.98 Å². The fourth-order valence-corrected chi connectivity index (χ4v) is 5.33. The molecule has 0 radical (unpaired) electrons. The normalized spacial score (nSPS) is 20.5. The first-order valence-electron chi connectivity index (χ1n) is 11.4. The van der Waals surface area contributed by atoms with Gasteiger partial charge in [0, 0.05) is 55.3 Å². The summed E-state index contributed by atoms with van der Waals surface area (Å²) in [6.45, 7) is 2.94. The Morgan fingerprint density at radius 3 is 2.82 bits per heavy atom. The maximum absolute atomic E-state index is 13.6. The molecule has 33 heavy (non-hydrogen) atoms. The van der Waals surface area contributed by atoms with E-state index in [0.29, 0.717) is 31.1 Å². The van der Waals surface area contributed by atoms with Crippen molar-refractivity contribution in [2.45, 2.75) is 38.0 Å². The van der Waals surface area contributed by atoms with Crippen LogP contribution in [0.3, 0.4) is 0 Å². The molecule has 2 amide bonds. The second-order valence-electron chi connectivity index (χ2n) is 9.58. The summed E-state index contributed by atoms with van der Waals surface area (Å²) in [5.74, 6) is 1.17. The zero-order chi connectivity index (χ0) is 22.7. The molecule has 1 aliphatic carbocycles. The van der Waals surface area contributed by atoms with Crippen LogP contribution in [0.15, 0.2) is 53.1 Å². The van der Waals surface area contributed by atoms with Crippen molar-refractivity contribution in [2.75, 3.05) is 28.6 Å². The quantitative estimate of drug-likeness (QED) is 0.624. The molecule has 1 spiro atoms. The van der Waals surface area contributed by atoms with Gasteiger partial charge in [-0.3, -0.25) is 9.59 Å². The number of hydrogen-bond acceptors (Lipinski definition) is 5. The highest BCUT2D eigenvalue weighted by molar-refractivity contribution is 6.05. The van der Waals surface area contributed by atoms with Crippen LogP contribution in [0.4, 0.5) is 17.1 Å². The first-order chi connectivity index (χ1) is 15.9. The van der Waals surface area contributed by atoms with E-state index in [1.807, 2.05) is 24.0 Å². The van der Waals surface area contributed by atoms with Gasteiger partial charge < -0.3 is 20.0 Å². The first-order valence-corrected chi connectivity index (χ1v) is 11.4. The highest BCUT2D eigenvalue weighted by Gasteiger charge is 2.54. The lowest BCUT2D eigenvalue weighted by Gasteiger charge is -2.22. The second-order valence-corrected chi connectivity index (χ2v) is 9.58. The van der Waals surface area contributed by atoms with Crippen molar-refractivity contribution >= 4 is 28.9 Å². The van der Waals surface area contributed by atoms with E-state index in [9.17, 15) is 9.59 Å². The lowest BCUT2D eigenvalue weighted by atomic mass is 9.95. The number of nitrogens with two attached hydrogens (primary N) is 1. The monoisotopic (exact) mass is 442 g/mol. The minimum absolute atomic E-state index is 0.0304. The van der Waals surface area contributed by atoms with Crippen LogP contribution in [0.25, 0.3) is 0 Å². The van der Waals surface area contributed by atoms with E-state index >= 15 is 0 Å². The molecule has 168 valence electrons. The summed E-state index contributed by atoms with van der Waals surface area (Å²) >= 11 is 0. The lowest BCUT2D eigenvalue weighted by Crippen LogP contribution is -2.37. The minimum Gasteiger partial charge on any atom is -0.446 e. The summed E-state index contributed by atoms with van der Waals surface area (Å²) in [6.07, 6.45) is 4.87. The van der Waals surface area contributed by atoms with Crippen molar-refractivity contribution in [3.8, 4) is 0 Å². The van der Waals surface area contributed by atoms with E-state index in [2.05, 4.69) is 23.2 Å². The third-order valence-electron chi connectivity index (χ3n) is 7.21. The highest BCUT2D eigenvalue weighted by Crippen LogP contribution is 2.57. The van der Waals surface area contributed by atoms with Gasteiger partial charge in [0.25, 0.3) is 0 Å². The fourth-order valence-electron chi connectivity index (χ4n) is 5.33. The van der Waals surface area contributed by atoms with E-state index in [0.717, 1.165) is 35.5 Å². The molecule has 1 unspecified atom stereocenters. The zero-order valence-corrected chi connectivity index (χ0v) is 18.6. The Balaban J connectivity index is 1.24. The Kier molecular flexibility index (Phi) is 4.37. The first kappa shape index (κ1) is 20.0. The summed E-state index contributed by atoms with van der Waals surface area (Å²) in [7, 11) is 0. The number of fused-ring (bicyclic) bond motifs is 2. The molecule has 7 nitrogen and oxygen atoms in total. The van der Waals surface area contributed by atoms with E-state index in [1.165, 1.54) is 5.56 Å². The maximum Gasteiger partial charge on any atom is 0.232 e. The Labute approximate surface area is 192 Å². The summed E-state index contributed by atoms with van der Waals surface area (Å²) in [5.41, 5.74) is 10.7. The highest BCUT2D eigenvalue weighted by atomic mass is 16.3. The number of aryl methyl sites for hydroxylation is 1. The van der Waals surface area contributed by atoms with Crippen LogP contribution in [0, 0.1) is 12.8 Å². The molecule has 2 fully saturated rings. The number of nitrogens with zero attached hydrogens (tertiary/aromatic N) is 3. The van der Waals surface area contributed by atoms with Crippen LogP contribution >= 0.6 is 0 Å². The second kappa shape index (κ2) is 7.20. The molecule has 7 heteroatoms. The number of benzene rings is 2. The van der Waals surface area contributed by atoms with Crippen molar-refractivity contribution in [3.63, 3.8) is 0 Å². The summed E-state index contributed by atoms with van der Waals surface area (Å²) in [5, 5.41) is 0. The van der Waals surface area contributed by atoms with Gasteiger partial charge in [0.2, 0.25) is 11.8 Å². The molecule has 2 N–H and O–H groups in total. The maximum atomic E-state index is 13.6. The van der Waals surface area contributed by atoms with Gasteiger partial charge in [-0.2, -0.15) is 0 Å². The Morgan fingerprint density at radius 2 is 2.09 bits per heavy atom. The Hall–Kier alpha value is -3.61. The third-order valence-corrected chi connectivity index (χ3v) is 7.21. The molecule has 3 aliphatic rings. The topological polar surface area (TPSA) is 92.7 Å². The van der Waals surface area contributed by atoms with Gasteiger partial charge >= 0.3 is 0 Å². The molecule has 1 atom stereocenters. The average Bonchev–Trinajstić information content (AvgIpc) is 3.12. The predicted octanol–water partition coefficient (Wildman–Crippen LogP) is 3.59. The molecule has 1 saturated heterocycles. The van der Waals surface area contributed by atoms with E-state index in [1.54, 1.807) is 23.2 Å². The van der Waals surface area contributed by atoms with Crippen molar-refractivity contribution in [1.82, 2.24) is 4.98 Å². The third kappa shape index (κ3) is 3.39. The number of hydrogen-bond donors (Lipinski definition) is 1. The number of aromatic nitrogens is 1. The summed E-state index contributed by atoms with van der Waals surface area (Å²) < 4.78 is 5.65. The number of oxazole rings is 1. The molecule has 0 bridgehead atoms. The SMILES string of the molecule is Cc1ncc(Cc2ccc3c(c2)C2(CC2)CN3C(=O)C2CC(=O)N(c3cccc(N)c3)C2)o1. The Bertz CT molecular complexity index is 1280. The Morgan fingerprint density at radius 1 is 1.24 bits per heavy atom. The number of carbonyl (C=O) groups is 2. The van der Waals surface area contributed by atoms with Crippen LogP contribution in [0.5, 0.6) is 0 Å². The molecule has 6 rings (SSSR count). The van der Waals surface area contributed by atoms with E-state index in [-0.39, 0.29) is 29.6 Å². The largest absolute Gasteiger partial charge is 0.446 e. The molecular formula is C26H26N4O3. The van der Waals surface area contributed by atoms with Crippen molar-refractivity contribution in [2.24, 2.45) is 5.92 Å². The smallest absolute Gasteiger partial charge is 0.232 e. The molecule has 3 heterocycles. The minimum atomic E-state index is -0.350.